The third kappa shape index (κ3) is 2.76. The zero-order valence-electron chi connectivity index (χ0n) is 9.28. The molecule has 6 heteroatoms. The lowest BCUT2D eigenvalue weighted by molar-refractivity contribution is 0.387. The molecule has 0 atom stereocenters. The maximum Gasteiger partial charge on any atom is 0.258 e. The van der Waals surface area contributed by atoms with Crippen LogP contribution >= 0.6 is 11.8 Å². The van der Waals surface area contributed by atoms with Crippen molar-refractivity contribution in [2.75, 3.05) is 6.26 Å². The molecule has 0 bridgehead atoms. The fourth-order valence-corrected chi connectivity index (χ4v) is 1.66. The molecule has 0 aliphatic rings. The zero-order valence-corrected chi connectivity index (χ0v) is 10.1. The number of hydrogen-bond donors (Lipinski definition) is 0. The molecule has 0 amide bonds. The Labute approximate surface area is 106 Å². The summed E-state index contributed by atoms with van der Waals surface area (Å²) in [5.74, 6) is -4.09. The third-order valence-electron chi connectivity index (χ3n) is 2.13. The van der Waals surface area contributed by atoms with Gasteiger partial charge in [0.15, 0.2) is 11.6 Å². The van der Waals surface area contributed by atoms with Gasteiger partial charge in [-0.1, -0.05) is 0 Å². The van der Waals surface area contributed by atoms with E-state index in [1.165, 1.54) is 11.8 Å². The molecule has 0 saturated heterocycles. The Hall–Kier alpha value is -1.69. The van der Waals surface area contributed by atoms with E-state index in [9.17, 15) is 13.2 Å². The van der Waals surface area contributed by atoms with Gasteiger partial charge in [0.2, 0.25) is 0 Å². The molecule has 0 saturated carbocycles. The van der Waals surface area contributed by atoms with E-state index < -0.39 is 23.5 Å². The van der Waals surface area contributed by atoms with Gasteiger partial charge in [0.25, 0.3) is 11.8 Å². The van der Waals surface area contributed by atoms with Gasteiger partial charge in [-0.3, -0.25) is 0 Å². The minimum absolute atomic E-state index is 0.296. The van der Waals surface area contributed by atoms with Crippen LogP contribution in [0.15, 0.2) is 35.2 Å². The molecule has 2 aromatic rings. The Morgan fingerprint density at radius 1 is 1.06 bits per heavy atom. The second kappa shape index (κ2) is 5.30. The number of benzene rings is 1. The Kier molecular flexibility index (Phi) is 3.76. The molecule has 0 fully saturated rings. The highest BCUT2D eigenvalue weighted by atomic mass is 32.2. The van der Waals surface area contributed by atoms with E-state index in [-0.39, 0.29) is 0 Å². The molecule has 0 aliphatic heterocycles. The number of rotatable bonds is 3. The van der Waals surface area contributed by atoms with Crippen LogP contribution in [0.25, 0.3) is 0 Å². The van der Waals surface area contributed by atoms with Crippen molar-refractivity contribution < 1.29 is 17.9 Å². The first-order chi connectivity index (χ1) is 8.60. The summed E-state index contributed by atoms with van der Waals surface area (Å²) >= 11 is 1.54. The second-order valence-electron chi connectivity index (χ2n) is 3.33. The normalized spacial score (nSPS) is 10.4. The van der Waals surface area contributed by atoms with Crippen LogP contribution in [-0.2, 0) is 0 Å². The first-order valence-corrected chi connectivity index (χ1v) is 6.16. The molecule has 1 heterocycles. The Balaban J connectivity index is 2.25. The minimum atomic E-state index is -1.40. The minimum Gasteiger partial charge on any atom is -0.436 e. The van der Waals surface area contributed by atoms with Crippen LogP contribution in [0.2, 0.25) is 0 Å². The molecule has 0 spiro atoms. The van der Waals surface area contributed by atoms with Gasteiger partial charge in [0.1, 0.15) is 5.75 Å². The van der Waals surface area contributed by atoms with E-state index in [1.807, 2.05) is 6.26 Å². The predicted molar refractivity (Wildman–Crippen MR) is 62.4 cm³/mol. The van der Waals surface area contributed by atoms with Crippen molar-refractivity contribution in [3.05, 3.63) is 47.9 Å². The van der Waals surface area contributed by atoms with E-state index in [0.717, 1.165) is 4.90 Å². The fourth-order valence-electron chi connectivity index (χ4n) is 1.26. The van der Waals surface area contributed by atoms with Crippen molar-refractivity contribution in [1.82, 2.24) is 4.98 Å². The summed E-state index contributed by atoms with van der Waals surface area (Å²) in [5.41, 5.74) is 0. The molecule has 94 valence electrons. The number of pyridine rings is 1. The van der Waals surface area contributed by atoms with E-state index in [1.54, 1.807) is 24.3 Å². The van der Waals surface area contributed by atoms with Gasteiger partial charge < -0.3 is 4.74 Å². The van der Waals surface area contributed by atoms with Crippen LogP contribution < -0.4 is 4.74 Å². The zero-order chi connectivity index (χ0) is 13.1. The van der Waals surface area contributed by atoms with Crippen molar-refractivity contribution in [1.29, 1.82) is 0 Å². The monoisotopic (exact) mass is 271 g/mol. The highest BCUT2D eigenvalue weighted by molar-refractivity contribution is 7.98. The maximum atomic E-state index is 13.3. The molecule has 1 aromatic heterocycles. The van der Waals surface area contributed by atoms with E-state index in [0.29, 0.717) is 11.8 Å². The summed E-state index contributed by atoms with van der Waals surface area (Å²) in [7, 11) is 0. The number of hydrogen-bond acceptors (Lipinski definition) is 3. The molecule has 2 rings (SSSR count). The molecule has 0 radical (unpaired) electrons. The molecule has 0 unspecified atom stereocenters. The van der Waals surface area contributed by atoms with Gasteiger partial charge in [-0.05, 0) is 30.5 Å². The van der Waals surface area contributed by atoms with Crippen molar-refractivity contribution in [3.8, 4) is 11.6 Å². The summed E-state index contributed by atoms with van der Waals surface area (Å²) in [6.45, 7) is 0. The van der Waals surface area contributed by atoms with Gasteiger partial charge in [-0.2, -0.15) is 9.37 Å². The smallest absolute Gasteiger partial charge is 0.258 e. The average Bonchev–Trinajstić information content (AvgIpc) is 2.37. The average molecular weight is 271 g/mol. The van der Waals surface area contributed by atoms with Crippen LogP contribution in [0, 0.1) is 17.6 Å². The van der Waals surface area contributed by atoms with Crippen LogP contribution in [0.5, 0.6) is 11.6 Å². The van der Waals surface area contributed by atoms with Crippen LogP contribution in [0.4, 0.5) is 13.2 Å². The van der Waals surface area contributed by atoms with Gasteiger partial charge in [0, 0.05) is 11.0 Å². The second-order valence-corrected chi connectivity index (χ2v) is 4.21. The lowest BCUT2D eigenvalue weighted by Gasteiger charge is -2.06. The summed E-state index contributed by atoms with van der Waals surface area (Å²) in [6.07, 6.45) is 1.91. The van der Waals surface area contributed by atoms with Gasteiger partial charge in [-0.15, -0.1) is 11.8 Å². The molecule has 0 N–H and O–H groups in total. The lowest BCUT2D eigenvalue weighted by Crippen LogP contribution is -1.97. The molecular weight excluding hydrogens is 263 g/mol. The third-order valence-corrected chi connectivity index (χ3v) is 2.87. The Bertz CT molecular complexity index is 560. The summed E-state index contributed by atoms with van der Waals surface area (Å²) < 4.78 is 43.8. The van der Waals surface area contributed by atoms with Crippen LogP contribution in [-0.4, -0.2) is 11.2 Å². The number of halogens is 3. The highest BCUT2D eigenvalue weighted by Crippen LogP contribution is 2.25. The van der Waals surface area contributed by atoms with Crippen molar-refractivity contribution in [2.24, 2.45) is 0 Å². The maximum absolute atomic E-state index is 13.3. The highest BCUT2D eigenvalue weighted by Gasteiger charge is 2.13. The number of thioether (sulfide) groups is 1. The number of nitrogens with zero attached hydrogens (tertiary/aromatic N) is 1. The molecular formula is C12H8F3NOS. The molecule has 2 nitrogen and oxygen atoms in total. The quantitative estimate of drug-likeness (QED) is 0.622. The largest absolute Gasteiger partial charge is 0.436 e. The fraction of sp³-hybridized carbons (Fsp3) is 0.0833. The van der Waals surface area contributed by atoms with E-state index in [4.69, 9.17) is 4.74 Å². The lowest BCUT2D eigenvalue weighted by atomic mass is 10.3. The predicted octanol–water partition coefficient (Wildman–Crippen LogP) is 4.01. The van der Waals surface area contributed by atoms with Crippen molar-refractivity contribution >= 4 is 11.8 Å². The van der Waals surface area contributed by atoms with Crippen molar-refractivity contribution in [2.45, 2.75) is 4.90 Å². The molecule has 18 heavy (non-hydrogen) atoms. The standard InChI is InChI=1S/C12H8F3NOS/c1-18-8-4-2-7(3-5-8)17-12-10(14)6-9(13)11(15)16-12/h2-6H,1H3. The van der Waals surface area contributed by atoms with Crippen LogP contribution in [0.1, 0.15) is 0 Å². The summed E-state index contributed by atoms with van der Waals surface area (Å²) in [6, 6.07) is 7.10. The van der Waals surface area contributed by atoms with Crippen molar-refractivity contribution in [3.63, 3.8) is 0 Å². The Morgan fingerprint density at radius 3 is 2.33 bits per heavy atom. The summed E-state index contributed by atoms with van der Waals surface area (Å²) in [4.78, 5) is 4.07. The Morgan fingerprint density at radius 2 is 1.72 bits per heavy atom. The first kappa shape index (κ1) is 12.8. The van der Waals surface area contributed by atoms with Gasteiger partial charge in [-0.25, -0.2) is 8.78 Å². The van der Waals surface area contributed by atoms with E-state index >= 15 is 0 Å². The van der Waals surface area contributed by atoms with E-state index in [2.05, 4.69) is 4.98 Å². The molecule has 1 aromatic carbocycles. The van der Waals surface area contributed by atoms with Gasteiger partial charge >= 0.3 is 0 Å². The first-order valence-electron chi connectivity index (χ1n) is 4.93. The molecule has 0 aliphatic carbocycles. The van der Waals surface area contributed by atoms with Crippen LogP contribution in [0.3, 0.4) is 0 Å². The SMILES string of the molecule is CSc1ccc(Oc2nc(F)c(F)cc2F)cc1. The topological polar surface area (TPSA) is 22.1 Å². The van der Waals surface area contributed by atoms with Gasteiger partial charge in [0.05, 0.1) is 0 Å². The number of aromatic nitrogens is 1. The summed E-state index contributed by atoms with van der Waals surface area (Å²) in [5, 5.41) is 0. The number of ether oxygens (including phenoxy) is 1.